The molecule has 0 bridgehead atoms. The van der Waals surface area contributed by atoms with Crippen molar-refractivity contribution in [2.45, 2.75) is 6.92 Å². The van der Waals surface area contributed by atoms with Crippen LogP contribution in [0.4, 0.5) is 0 Å². The Bertz CT molecular complexity index is 945. The predicted octanol–water partition coefficient (Wildman–Crippen LogP) is 1.26. The van der Waals surface area contributed by atoms with E-state index in [0.29, 0.717) is 16.9 Å². The maximum atomic E-state index is 12.4. The number of rotatable bonds is 0. The summed E-state index contributed by atoms with van der Waals surface area (Å²) in [7, 11) is 0. The Balaban J connectivity index is 2.42. The molecule has 0 N–H and O–H groups in total. The quantitative estimate of drug-likeness (QED) is 0.603. The Hall–Kier alpha value is -2.76. The monoisotopic (exact) mass is 251 g/mol. The predicted molar refractivity (Wildman–Crippen MR) is 73.1 cm³/mol. The van der Waals surface area contributed by atoms with Crippen molar-refractivity contribution in [3.8, 4) is 0 Å². The van der Waals surface area contributed by atoms with Crippen molar-refractivity contribution in [3.05, 3.63) is 46.4 Å². The summed E-state index contributed by atoms with van der Waals surface area (Å²) in [5, 5.41) is 12.9. The number of fused-ring (bicyclic) bond motifs is 2. The highest BCUT2D eigenvalue weighted by atomic mass is 16.1. The molecule has 0 atom stereocenters. The van der Waals surface area contributed by atoms with Crippen molar-refractivity contribution >= 4 is 28.6 Å². The van der Waals surface area contributed by atoms with Crippen LogP contribution in [0.15, 0.2) is 45.5 Å². The average molecular weight is 251 g/mol. The van der Waals surface area contributed by atoms with Crippen molar-refractivity contribution in [2.24, 2.45) is 10.2 Å². The van der Waals surface area contributed by atoms with Crippen molar-refractivity contribution in [2.75, 3.05) is 0 Å². The first-order valence-corrected chi connectivity index (χ1v) is 5.87. The molecule has 3 aromatic rings. The fourth-order valence-electron chi connectivity index (χ4n) is 2.44. The first-order chi connectivity index (χ1) is 9.27. The lowest BCUT2D eigenvalue weighted by molar-refractivity contribution is 0.898. The van der Waals surface area contributed by atoms with Gasteiger partial charge in [0.2, 0.25) is 0 Å². The van der Waals surface area contributed by atoms with Crippen LogP contribution in [0.25, 0.3) is 16.6 Å². The smallest absolute Gasteiger partial charge is 0.280 e. The molecular formula is C13H9N5O. The Morgan fingerprint density at radius 1 is 1.21 bits per heavy atom. The van der Waals surface area contributed by atoms with Crippen LogP contribution >= 0.6 is 0 Å². The molecule has 4 rings (SSSR count). The Morgan fingerprint density at radius 2 is 2.05 bits per heavy atom. The highest BCUT2D eigenvalue weighted by molar-refractivity contribution is 6.01. The largest absolute Gasteiger partial charge is 0.282 e. The third-order valence-corrected chi connectivity index (χ3v) is 3.27. The summed E-state index contributed by atoms with van der Waals surface area (Å²) >= 11 is 0. The third-order valence-electron chi connectivity index (χ3n) is 3.27. The van der Waals surface area contributed by atoms with E-state index in [9.17, 15) is 4.79 Å². The van der Waals surface area contributed by atoms with Gasteiger partial charge in [0.05, 0.1) is 28.9 Å². The topological polar surface area (TPSA) is 64.0 Å². The summed E-state index contributed by atoms with van der Waals surface area (Å²) in [6.45, 7) is 1.86. The van der Waals surface area contributed by atoms with Gasteiger partial charge in [-0.3, -0.25) is 9.36 Å². The van der Waals surface area contributed by atoms with Crippen LogP contribution in [0.2, 0.25) is 0 Å². The van der Waals surface area contributed by atoms with E-state index in [2.05, 4.69) is 15.3 Å². The van der Waals surface area contributed by atoms with E-state index in [0.717, 1.165) is 11.1 Å². The van der Waals surface area contributed by atoms with Crippen LogP contribution in [0.1, 0.15) is 12.5 Å². The molecule has 0 radical (unpaired) electrons. The molecule has 6 heteroatoms. The van der Waals surface area contributed by atoms with E-state index in [4.69, 9.17) is 0 Å². The molecule has 0 saturated carbocycles. The highest BCUT2D eigenvalue weighted by Crippen LogP contribution is 2.18. The molecule has 19 heavy (non-hydrogen) atoms. The fourth-order valence-corrected chi connectivity index (χ4v) is 2.44. The second-order valence-electron chi connectivity index (χ2n) is 4.38. The number of nitrogens with zero attached hydrogens (tertiary/aromatic N) is 5. The van der Waals surface area contributed by atoms with Gasteiger partial charge >= 0.3 is 0 Å². The second kappa shape index (κ2) is 3.38. The number of para-hydroxylation sites is 1. The van der Waals surface area contributed by atoms with Crippen molar-refractivity contribution in [1.29, 1.82) is 0 Å². The molecule has 2 aromatic heterocycles. The standard InChI is InChI=1S/C13H9N5O/c1-8-16-14-6-9-7-15-18-12(9)17(8)11-5-3-2-4-10(11)13(18)19/h2-7H,1H3. The first kappa shape index (κ1) is 10.2. The van der Waals surface area contributed by atoms with Gasteiger partial charge in [0.25, 0.3) is 5.56 Å². The second-order valence-corrected chi connectivity index (χ2v) is 4.38. The Morgan fingerprint density at radius 3 is 2.95 bits per heavy atom. The van der Waals surface area contributed by atoms with Gasteiger partial charge in [-0.15, -0.1) is 5.10 Å². The summed E-state index contributed by atoms with van der Waals surface area (Å²) in [4.78, 5) is 12.4. The summed E-state index contributed by atoms with van der Waals surface area (Å²) < 4.78 is 3.31. The van der Waals surface area contributed by atoms with E-state index in [1.165, 1.54) is 4.52 Å². The van der Waals surface area contributed by atoms with Crippen molar-refractivity contribution < 1.29 is 0 Å². The van der Waals surface area contributed by atoms with E-state index in [1.807, 2.05) is 29.7 Å². The van der Waals surface area contributed by atoms with Gasteiger partial charge in [-0.2, -0.15) is 14.7 Å². The van der Waals surface area contributed by atoms with Crippen LogP contribution in [-0.2, 0) is 0 Å². The fraction of sp³-hybridized carbons (Fsp3) is 0.0769. The van der Waals surface area contributed by atoms with Crippen LogP contribution < -0.4 is 5.56 Å². The van der Waals surface area contributed by atoms with Gasteiger partial charge in [-0.25, -0.2) is 0 Å². The van der Waals surface area contributed by atoms with E-state index < -0.39 is 0 Å². The molecule has 3 heterocycles. The zero-order valence-corrected chi connectivity index (χ0v) is 10.1. The number of aromatic nitrogens is 3. The Kier molecular flexibility index (Phi) is 1.81. The molecule has 0 aliphatic carbocycles. The molecule has 0 amide bonds. The zero-order chi connectivity index (χ0) is 13.0. The summed E-state index contributed by atoms with van der Waals surface area (Å²) in [5.41, 5.74) is 2.17. The van der Waals surface area contributed by atoms with Gasteiger partial charge in [-0.1, -0.05) is 12.1 Å². The van der Waals surface area contributed by atoms with Gasteiger partial charge in [0.1, 0.15) is 5.84 Å². The van der Waals surface area contributed by atoms with Crippen LogP contribution in [0.3, 0.4) is 0 Å². The van der Waals surface area contributed by atoms with Crippen LogP contribution in [0.5, 0.6) is 0 Å². The summed E-state index contributed by atoms with van der Waals surface area (Å²) in [6.07, 6.45) is 3.24. The molecule has 6 nitrogen and oxygen atoms in total. The minimum atomic E-state index is -0.129. The van der Waals surface area contributed by atoms with E-state index in [1.54, 1.807) is 18.5 Å². The van der Waals surface area contributed by atoms with Gasteiger partial charge in [0, 0.05) is 0 Å². The summed E-state index contributed by atoms with van der Waals surface area (Å²) in [6, 6.07) is 7.43. The van der Waals surface area contributed by atoms with Crippen molar-refractivity contribution in [1.82, 2.24) is 14.2 Å². The van der Waals surface area contributed by atoms with Crippen LogP contribution in [-0.4, -0.2) is 26.2 Å². The van der Waals surface area contributed by atoms with E-state index in [-0.39, 0.29) is 5.56 Å². The lowest BCUT2D eigenvalue weighted by Crippen LogP contribution is -2.22. The van der Waals surface area contributed by atoms with Crippen LogP contribution in [0, 0.1) is 0 Å². The molecular weight excluding hydrogens is 242 g/mol. The molecule has 0 unspecified atom stereocenters. The minimum absolute atomic E-state index is 0.129. The van der Waals surface area contributed by atoms with Gasteiger partial charge < -0.3 is 0 Å². The molecule has 1 aromatic carbocycles. The zero-order valence-electron chi connectivity index (χ0n) is 10.1. The molecule has 0 spiro atoms. The maximum Gasteiger partial charge on any atom is 0.282 e. The van der Waals surface area contributed by atoms with Gasteiger partial charge in [0.15, 0.2) is 5.65 Å². The van der Waals surface area contributed by atoms with Gasteiger partial charge in [-0.05, 0) is 19.1 Å². The molecule has 1 aliphatic rings. The Labute approximate surface area is 107 Å². The van der Waals surface area contributed by atoms with Crippen molar-refractivity contribution in [3.63, 3.8) is 0 Å². The lowest BCUT2D eigenvalue weighted by Gasteiger charge is -2.11. The normalized spacial score (nSPS) is 13.8. The SMILES string of the molecule is CC1=NN=Cc2cnn3c(=O)c4ccccc4n1c23. The molecule has 92 valence electrons. The molecule has 0 saturated heterocycles. The highest BCUT2D eigenvalue weighted by Gasteiger charge is 2.17. The number of hydrogen-bond donors (Lipinski definition) is 0. The third kappa shape index (κ3) is 1.20. The average Bonchev–Trinajstić information content (AvgIpc) is 2.76. The first-order valence-electron chi connectivity index (χ1n) is 5.87. The minimum Gasteiger partial charge on any atom is -0.280 e. The number of hydrogen-bond acceptors (Lipinski definition) is 4. The summed E-state index contributed by atoms with van der Waals surface area (Å²) in [5.74, 6) is 0.705. The lowest BCUT2D eigenvalue weighted by atomic mass is 10.2. The molecule has 1 aliphatic heterocycles. The maximum absolute atomic E-state index is 12.4. The molecule has 0 fully saturated rings. The number of benzene rings is 1. The van der Waals surface area contributed by atoms with E-state index >= 15 is 0 Å².